The van der Waals surface area contributed by atoms with E-state index in [1.54, 1.807) is 43.8 Å². The monoisotopic (exact) mass is 495 g/mol. The Morgan fingerprint density at radius 1 is 1.15 bits per heavy atom. The Hall–Kier alpha value is -2.62. The van der Waals surface area contributed by atoms with Crippen molar-refractivity contribution in [1.29, 1.82) is 0 Å². The first-order valence-electron chi connectivity index (χ1n) is 10.6. The molecule has 0 radical (unpaired) electrons. The topological polar surface area (TPSA) is 111 Å². The number of anilines is 1. The number of aliphatic hydroxyl groups is 1. The predicted octanol–water partition coefficient (Wildman–Crippen LogP) is 5.07. The number of hydrogen-bond acceptors (Lipinski definition) is 7. The molecule has 2 aromatic heterocycles. The highest BCUT2D eigenvalue weighted by molar-refractivity contribution is 6.42. The van der Waals surface area contributed by atoms with E-state index in [0.29, 0.717) is 45.7 Å². The molecule has 0 atom stereocenters. The molecule has 0 fully saturated rings. The van der Waals surface area contributed by atoms with E-state index in [9.17, 15) is 4.79 Å². The number of nitrogens with one attached hydrogen (secondary N) is 1. The van der Waals surface area contributed by atoms with Gasteiger partial charge in [0, 0.05) is 12.2 Å². The third kappa shape index (κ3) is 6.69. The molecule has 1 amide bonds. The van der Waals surface area contributed by atoms with Crippen molar-refractivity contribution in [3.8, 4) is 5.75 Å². The van der Waals surface area contributed by atoms with Crippen LogP contribution in [0.15, 0.2) is 24.8 Å². The van der Waals surface area contributed by atoms with Gasteiger partial charge in [0.15, 0.2) is 17.0 Å². The number of aliphatic hydroxyl groups excluding tert-OH is 1. The van der Waals surface area contributed by atoms with E-state index in [0.717, 1.165) is 19.3 Å². The number of rotatable bonds is 9. The molecule has 0 unspecified atom stereocenters. The van der Waals surface area contributed by atoms with Crippen LogP contribution in [0.4, 0.5) is 10.6 Å². The van der Waals surface area contributed by atoms with Crippen LogP contribution in [0.25, 0.3) is 11.2 Å². The molecule has 9 nitrogen and oxygen atoms in total. The van der Waals surface area contributed by atoms with E-state index < -0.39 is 11.7 Å². The van der Waals surface area contributed by atoms with E-state index in [2.05, 4.69) is 20.3 Å². The second-order valence-electron chi connectivity index (χ2n) is 8.36. The SMILES string of the molecule is CC(C)(C)OC(=O)Nc1ncnc2c1ncn2Cc1c(OCCCCCO)ccc(Cl)c1Cl. The van der Waals surface area contributed by atoms with Gasteiger partial charge in [-0.3, -0.25) is 5.32 Å². The number of amides is 1. The van der Waals surface area contributed by atoms with Crippen LogP contribution in [0.5, 0.6) is 5.75 Å². The Morgan fingerprint density at radius 2 is 1.94 bits per heavy atom. The number of fused-ring (bicyclic) bond motifs is 1. The Bertz CT molecular complexity index is 1110. The van der Waals surface area contributed by atoms with Crippen molar-refractivity contribution in [2.75, 3.05) is 18.5 Å². The molecule has 2 heterocycles. The van der Waals surface area contributed by atoms with Gasteiger partial charge in [0.05, 0.1) is 29.5 Å². The largest absolute Gasteiger partial charge is 0.493 e. The summed E-state index contributed by atoms with van der Waals surface area (Å²) in [6.45, 7) is 6.28. The molecule has 33 heavy (non-hydrogen) atoms. The van der Waals surface area contributed by atoms with Crippen LogP contribution in [0.1, 0.15) is 45.6 Å². The van der Waals surface area contributed by atoms with Gasteiger partial charge in [-0.1, -0.05) is 23.2 Å². The predicted molar refractivity (Wildman–Crippen MR) is 127 cm³/mol. The summed E-state index contributed by atoms with van der Waals surface area (Å²) in [7, 11) is 0. The maximum Gasteiger partial charge on any atom is 0.413 e. The fourth-order valence-corrected chi connectivity index (χ4v) is 3.48. The van der Waals surface area contributed by atoms with E-state index in [1.807, 2.05) is 0 Å². The minimum absolute atomic E-state index is 0.165. The lowest BCUT2D eigenvalue weighted by atomic mass is 10.2. The van der Waals surface area contributed by atoms with E-state index in [-0.39, 0.29) is 12.4 Å². The molecule has 0 bridgehead atoms. The summed E-state index contributed by atoms with van der Waals surface area (Å²) < 4.78 is 13.0. The molecule has 1 aromatic carbocycles. The average Bonchev–Trinajstić information content (AvgIpc) is 3.15. The number of carbonyl (C=O) groups excluding carboxylic acids is 1. The quantitative estimate of drug-likeness (QED) is 0.398. The highest BCUT2D eigenvalue weighted by Crippen LogP contribution is 2.34. The first kappa shape index (κ1) is 25.0. The fourth-order valence-electron chi connectivity index (χ4n) is 3.09. The van der Waals surface area contributed by atoms with Crippen molar-refractivity contribution < 1.29 is 19.4 Å². The maximum absolute atomic E-state index is 12.2. The zero-order valence-electron chi connectivity index (χ0n) is 18.8. The van der Waals surface area contributed by atoms with Crippen molar-refractivity contribution in [2.24, 2.45) is 0 Å². The number of carbonyl (C=O) groups is 1. The smallest absolute Gasteiger partial charge is 0.413 e. The molecule has 0 aliphatic rings. The molecule has 178 valence electrons. The summed E-state index contributed by atoms with van der Waals surface area (Å²) in [5.41, 5.74) is 0.952. The zero-order valence-corrected chi connectivity index (χ0v) is 20.3. The number of aromatic nitrogens is 4. The van der Waals surface area contributed by atoms with Crippen molar-refractivity contribution in [1.82, 2.24) is 19.5 Å². The molecule has 0 saturated heterocycles. The normalized spacial score (nSPS) is 11.6. The van der Waals surface area contributed by atoms with Gasteiger partial charge < -0.3 is 19.1 Å². The zero-order chi connectivity index (χ0) is 24.0. The molecular weight excluding hydrogens is 469 g/mol. The van der Waals surface area contributed by atoms with Gasteiger partial charge in [-0.15, -0.1) is 0 Å². The fraction of sp³-hybridized carbons (Fsp3) is 0.455. The Kier molecular flexibility index (Phi) is 8.34. The molecule has 0 saturated carbocycles. The Morgan fingerprint density at radius 3 is 2.67 bits per heavy atom. The van der Waals surface area contributed by atoms with Gasteiger partial charge in [-0.05, 0) is 52.2 Å². The van der Waals surface area contributed by atoms with Crippen LogP contribution >= 0.6 is 23.2 Å². The summed E-state index contributed by atoms with van der Waals surface area (Å²) in [5, 5.41) is 12.3. The van der Waals surface area contributed by atoms with Crippen molar-refractivity contribution >= 4 is 46.3 Å². The lowest BCUT2D eigenvalue weighted by Crippen LogP contribution is -2.27. The summed E-state index contributed by atoms with van der Waals surface area (Å²) >= 11 is 12.8. The summed E-state index contributed by atoms with van der Waals surface area (Å²) in [6, 6.07) is 3.46. The Balaban J connectivity index is 1.84. The van der Waals surface area contributed by atoms with Crippen molar-refractivity contribution in [2.45, 2.75) is 52.2 Å². The minimum atomic E-state index is -0.645. The lowest BCUT2D eigenvalue weighted by Gasteiger charge is -2.19. The molecule has 3 aromatic rings. The van der Waals surface area contributed by atoms with Gasteiger partial charge >= 0.3 is 6.09 Å². The van der Waals surface area contributed by atoms with Crippen LogP contribution in [0, 0.1) is 0 Å². The molecule has 11 heteroatoms. The number of imidazole rings is 1. The molecule has 3 rings (SSSR count). The van der Waals surface area contributed by atoms with E-state index >= 15 is 0 Å². The number of unbranched alkanes of at least 4 members (excludes halogenated alkanes) is 2. The van der Waals surface area contributed by atoms with Crippen molar-refractivity contribution in [3.05, 3.63) is 40.4 Å². The highest BCUT2D eigenvalue weighted by atomic mass is 35.5. The van der Waals surface area contributed by atoms with E-state index in [1.165, 1.54) is 6.33 Å². The van der Waals surface area contributed by atoms with Gasteiger partial charge in [0.2, 0.25) is 0 Å². The van der Waals surface area contributed by atoms with Gasteiger partial charge in [0.1, 0.15) is 17.7 Å². The summed E-state index contributed by atoms with van der Waals surface area (Å²) in [4.78, 5) is 25.0. The molecule has 2 N–H and O–H groups in total. The summed E-state index contributed by atoms with van der Waals surface area (Å²) in [6.07, 6.45) is 4.70. The van der Waals surface area contributed by atoms with Crippen LogP contribution in [-0.4, -0.2) is 49.5 Å². The summed E-state index contributed by atoms with van der Waals surface area (Å²) in [5.74, 6) is 0.849. The van der Waals surface area contributed by atoms with Crippen LogP contribution in [0.2, 0.25) is 10.0 Å². The standard InChI is InChI=1S/C22H27Cl2N5O4/c1-22(2,3)33-21(31)28-19-18-20(26-12-25-19)29(13-27-18)11-14-16(8-7-15(23)17(14)24)32-10-6-4-5-9-30/h7-8,12-13,30H,4-6,9-11H2,1-3H3,(H,25,26,28,31). The Labute approximate surface area is 202 Å². The van der Waals surface area contributed by atoms with Crippen LogP contribution in [0.3, 0.4) is 0 Å². The second-order valence-corrected chi connectivity index (χ2v) is 9.15. The number of ether oxygens (including phenoxy) is 2. The molecular formula is C22H27Cl2N5O4. The van der Waals surface area contributed by atoms with Crippen LogP contribution < -0.4 is 10.1 Å². The minimum Gasteiger partial charge on any atom is -0.493 e. The van der Waals surface area contributed by atoms with Gasteiger partial charge in [-0.2, -0.15) is 0 Å². The molecule has 0 aliphatic carbocycles. The first-order chi connectivity index (χ1) is 15.7. The average molecular weight is 496 g/mol. The second kappa shape index (κ2) is 11.0. The number of halogens is 2. The third-order valence-electron chi connectivity index (χ3n) is 4.56. The maximum atomic E-state index is 12.2. The number of benzene rings is 1. The highest BCUT2D eigenvalue weighted by Gasteiger charge is 2.20. The lowest BCUT2D eigenvalue weighted by molar-refractivity contribution is 0.0635. The molecule has 0 spiro atoms. The third-order valence-corrected chi connectivity index (χ3v) is 5.41. The number of hydrogen-bond donors (Lipinski definition) is 2. The number of nitrogens with zero attached hydrogens (tertiary/aromatic N) is 4. The van der Waals surface area contributed by atoms with Gasteiger partial charge in [0.25, 0.3) is 0 Å². The van der Waals surface area contributed by atoms with E-state index in [4.69, 9.17) is 37.8 Å². The molecule has 0 aliphatic heterocycles. The van der Waals surface area contributed by atoms with Crippen molar-refractivity contribution in [3.63, 3.8) is 0 Å². The van der Waals surface area contributed by atoms with Gasteiger partial charge in [-0.25, -0.2) is 19.7 Å². The first-order valence-corrected chi connectivity index (χ1v) is 11.3. The van der Waals surface area contributed by atoms with Crippen LogP contribution in [-0.2, 0) is 11.3 Å².